The summed E-state index contributed by atoms with van der Waals surface area (Å²) >= 11 is 3.36. The van der Waals surface area contributed by atoms with Crippen LogP contribution in [0.15, 0.2) is 39.8 Å². The van der Waals surface area contributed by atoms with Crippen molar-refractivity contribution in [2.45, 2.75) is 31.7 Å². The highest BCUT2D eigenvalue weighted by Gasteiger charge is 2.17. The summed E-state index contributed by atoms with van der Waals surface area (Å²) in [6.45, 7) is 5.58. The first-order valence-electron chi connectivity index (χ1n) is 6.92. The number of benzene rings is 1. The van der Waals surface area contributed by atoms with Gasteiger partial charge in [0.05, 0.1) is 4.90 Å². The topological polar surface area (TPSA) is 94.2 Å². The van der Waals surface area contributed by atoms with Crippen molar-refractivity contribution in [3.05, 3.63) is 46.2 Å². The maximum absolute atomic E-state index is 12.5. The van der Waals surface area contributed by atoms with E-state index in [1.165, 1.54) is 6.07 Å². The molecular formula is C15H18BrN3O3S. The average molecular weight is 400 g/mol. The van der Waals surface area contributed by atoms with Gasteiger partial charge in [-0.05, 0) is 60.5 Å². The van der Waals surface area contributed by atoms with Crippen LogP contribution in [0.25, 0.3) is 0 Å². The van der Waals surface area contributed by atoms with Crippen molar-refractivity contribution in [1.82, 2.24) is 4.57 Å². The third-order valence-corrected chi connectivity index (χ3v) is 4.84. The number of nitrogens with zero attached hydrogens (tertiary/aromatic N) is 1. The number of aryl methyl sites for hydroxylation is 1. The summed E-state index contributed by atoms with van der Waals surface area (Å²) in [5.74, 6) is -0.325. The molecule has 2 aromatic rings. The van der Waals surface area contributed by atoms with E-state index in [0.29, 0.717) is 16.9 Å². The number of hydrogen-bond acceptors (Lipinski definition) is 3. The Bertz CT molecular complexity index is 857. The van der Waals surface area contributed by atoms with Gasteiger partial charge in [0.15, 0.2) is 0 Å². The molecular weight excluding hydrogens is 382 g/mol. The number of carbonyl (C=O) groups excluding carboxylic acids is 1. The quantitative estimate of drug-likeness (QED) is 0.826. The summed E-state index contributed by atoms with van der Waals surface area (Å²) in [7, 11) is -3.84. The van der Waals surface area contributed by atoms with E-state index in [0.717, 1.165) is 4.47 Å². The summed E-state index contributed by atoms with van der Waals surface area (Å²) in [6, 6.07) is 6.43. The zero-order chi connectivity index (χ0) is 17.4. The standard InChI is InChI=1S/C15H18BrN3O3S/c1-9(2)19-8-11(16)6-13(19)15(20)18-12-5-4-10(3)14(7-12)23(17,21)22/h4-9H,1-3H3,(H,18,20)(H2,17,21,22). The molecule has 0 aliphatic heterocycles. The highest BCUT2D eigenvalue weighted by Crippen LogP contribution is 2.22. The molecule has 0 fully saturated rings. The molecule has 0 aliphatic rings. The molecule has 124 valence electrons. The second-order valence-corrected chi connectivity index (χ2v) is 7.97. The summed E-state index contributed by atoms with van der Waals surface area (Å²) in [6.07, 6.45) is 1.82. The van der Waals surface area contributed by atoms with Crippen LogP contribution < -0.4 is 10.5 Å². The lowest BCUT2D eigenvalue weighted by Crippen LogP contribution is -2.19. The van der Waals surface area contributed by atoms with Crippen LogP contribution >= 0.6 is 15.9 Å². The second kappa shape index (κ2) is 6.46. The van der Waals surface area contributed by atoms with Gasteiger partial charge in [-0.25, -0.2) is 13.6 Å². The molecule has 8 heteroatoms. The summed E-state index contributed by atoms with van der Waals surface area (Å²) in [5, 5.41) is 7.89. The number of rotatable bonds is 4. The Morgan fingerprint density at radius 2 is 1.96 bits per heavy atom. The normalized spacial score (nSPS) is 11.7. The molecule has 0 bridgehead atoms. The lowest BCUT2D eigenvalue weighted by molar-refractivity contribution is 0.101. The number of nitrogens with one attached hydrogen (secondary N) is 1. The molecule has 0 saturated carbocycles. The third-order valence-electron chi connectivity index (χ3n) is 3.36. The smallest absolute Gasteiger partial charge is 0.272 e. The number of hydrogen-bond donors (Lipinski definition) is 2. The number of carbonyl (C=O) groups is 1. The summed E-state index contributed by atoms with van der Waals surface area (Å²) in [5.41, 5.74) is 1.38. The average Bonchev–Trinajstić information content (AvgIpc) is 2.82. The van der Waals surface area contributed by atoms with Gasteiger partial charge in [-0.2, -0.15) is 0 Å². The van der Waals surface area contributed by atoms with E-state index >= 15 is 0 Å². The lowest BCUT2D eigenvalue weighted by atomic mass is 10.2. The predicted molar refractivity (Wildman–Crippen MR) is 93.0 cm³/mol. The van der Waals surface area contributed by atoms with Crippen molar-refractivity contribution in [1.29, 1.82) is 0 Å². The Morgan fingerprint density at radius 3 is 2.52 bits per heavy atom. The van der Waals surface area contributed by atoms with Gasteiger partial charge < -0.3 is 9.88 Å². The molecule has 1 aromatic heterocycles. The van der Waals surface area contributed by atoms with E-state index in [2.05, 4.69) is 21.2 Å². The van der Waals surface area contributed by atoms with Crippen molar-refractivity contribution in [3.8, 4) is 0 Å². The lowest BCUT2D eigenvalue weighted by Gasteiger charge is -2.13. The fourth-order valence-corrected chi connectivity index (χ4v) is 3.48. The van der Waals surface area contributed by atoms with Crippen LogP contribution in [0.5, 0.6) is 0 Å². The second-order valence-electron chi connectivity index (χ2n) is 5.52. The molecule has 0 unspecified atom stereocenters. The van der Waals surface area contributed by atoms with E-state index < -0.39 is 10.0 Å². The van der Waals surface area contributed by atoms with Gasteiger partial charge >= 0.3 is 0 Å². The predicted octanol–water partition coefficient (Wildman–Crippen LogP) is 3.04. The minimum absolute atomic E-state index is 0.00396. The first-order valence-corrected chi connectivity index (χ1v) is 9.25. The first kappa shape index (κ1) is 17.7. The van der Waals surface area contributed by atoms with Gasteiger partial charge in [-0.15, -0.1) is 0 Å². The molecule has 1 aromatic carbocycles. The van der Waals surface area contributed by atoms with Crippen molar-refractivity contribution in [3.63, 3.8) is 0 Å². The molecule has 6 nitrogen and oxygen atoms in total. The largest absolute Gasteiger partial charge is 0.340 e. The molecule has 0 saturated heterocycles. The molecule has 3 N–H and O–H groups in total. The zero-order valence-corrected chi connectivity index (χ0v) is 15.4. The molecule has 1 amide bonds. The summed E-state index contributed by atoms with van der Waals surface area (Å²) in [4.78, 5) is 12.5. The van der Waals surface area contributed by atoms with Gasteiger partial charge in [0.2, 0.25) is 10.0 Å². The number of halogens is 1. The highest BCUT2D eigenvalue weighted by molar-refractivity contribution is 9.10. The van der Waals surface area contributed by atoms with Crippen molar-refractivity contribution in [2.75, 3.05) is 5.32 Å². The Labute approximate surface area is 143 Å². The SMILES string of the molecule is Cc1ccc(NC(=O)c2cc(Br)cn2C(C)C)cc1S(N)(=O)=O. The highest BCUT2D eigenvalue weighted by atomic mass is 79.9. The van der Waals surface area contributed by atoms with Gasteiger partial charge in [0.25, 0.3) is 5.91 Å². The van der Waals surface area contributed by atoms with Gasteiger partial charge in [-0.3, -0.25) is 4.79 Å². The van der Waals surface area contributed by atoms with Crippen LogP contribution in [0.2, 0.25) is 0 Å². The monoisotopic (exact) mass is 399 g/mol. The van der Waals surface area contributed by atoms with E-state index in [9.17, 15) is 13.2 Å². The van der Waals surface area contributed by atoms with Gasteiger partial charge in [-0.1, -0.05) is 6.07 Å². The molecule has 0 spiro atoms. The van der Waals surface area contributed by atoms with Crippen molar-refractivity contribution >= 4 is 37.5 Å². The van der Waals surface area contributed by atoms with Crippen molar-refractivity contribution < 1.29 is 13.2 Å². The first-order chi connectivity index (χ1) is 10.6. The van der Waals surface area contributed by atoms with Crippen LogP contribution in [-0.2, 0) is 10.0 Å². The number of amides is 1. The fourth-order valence-electron chi connectivity index (χ4n) is 2.23. The molecule has 0 radical (unpaired) electrons. The number of primary sulfonamides is 1. The number of aromatic nitrogens is 1. The number of nitrogens with two attached hydrogens (primary N) is 1. The number of sulfonamides is 1. The zero-order valence-electron chi connectivity index (χ0n) is 13.0. The van der Waals surface area contributed by atoms with E-state index in [-0.39, 0.29) is 16.8 Å². The minimum Gasteiger partial charge on any atom is -0.340 e. The van der Waals surface area contributed by atoms with Crippen LogP contribution in [0.1, 0.15) is 35.9 Å². The van der Waals surface area contributed by atoms with Crippen LogP contribution in [-0.4, -0.2) is 18.9 Å². The van der Waals surface area contributed by atoms with Gasteiger partial charge in [0.1, 0.15) is 5.69 Å². The summed E-state index contributed by atoms with van der Waals surface area (Å²) < 4.78 is 25.8. The van der Waals surface area contributed by atoms with Crippen LogP contribution in [0, 0.1) is 6.92 Å². The minimum atomic E-state index is -3.84. The number of anilines is 1. The third kappa shape index (κ3) is 4.01. The Kier molecular flexibility index (Phi) is 4.98. The van der Waals surface area contributed by atoms with E-state index in [1.54, 1.807) is 25.1 Å². The maximum Gasteiger partial charge on any atom is 0.272 e. The van der Waals surface area contributed by atoms with Crippen LogP contribution in [0.4, 0.5) is 5.69 Å². The van der Waals surface area contributed by atoms with E-state index in [1.807, 2.05) is 24.6 Å². The molecule has 1 heterocycles. The van der Waals surface area contributed by atoms with Crippen molar-refractivity contribution in [2.24, 2.45) is 5.14 Å². The molecule has 0 aliphatic carbocycles. The Morgan fingerprint density at radius 1 is 1.30 bits per heavy atom. The van der Waals surface area contributed by atoms with Gasteiger partial charge in [0, 0.05) is 22.4 Å². The fraction of sp³-hybridized carbons (Fsp3) is 0.267. The molecule has 2 rings (SSSR count). The van der Waals surface area contributed by atoms with Crippen LogP contribution in [0.3, 0.4) is 0 Å². The molecule has 23 heavy (non-hydrogen) atoms. The van der Waals surface area contributed by atoms with E-state index in [4.69, 9.17) is 5.14 Å². The maximum atomic E-state index is 12.5. The Hall–Kier alpha value is -1.64. The molecule has 0 atom stereocenters. The Balaban J connectivity index is 2.35.